The molecule has 5 nitrogen and oxygen atoms in total. The molecule has 5 heteroatoms. The van der Waals surface area contributed by atoms with Crippen molar-refractivity contribution >= 4 is 0 Å². The summed E-state index contributed by atoms with van der Waals surface area (Å²) < 4.78 is 0. The summed E-state index contributed by atoms with van der Waals surface area (Å²) in [6, 6.07) is 12.1. The summed E-state index contributed by atoms with van der Waals surface area (Å²) in [5, 5.41) is 17.7. The van der Waals surface area contributed by atoms with Gasteiger partial charge in [-0.05, 0) is 49.5 Å². The smallest absolute Gasteiger partial charge is 0.113 e. The van der Waals surface area contributed by atoms with Crippen molar-refractivity contribution in [1.82, 2.24) is 20.2 Å². The first kappa shape index (κ1) is 14.9. The van der Waals surface area contributed by atoms with E-state index < -0.39 is 0 Å². The van der Waals surface area contributed by atoms with Crippen LogP contribution in [0.3, 0.4) is 0 Å². The van der Waals surface area contributed by atoms with Crippen molar-refractivity contribution in [3.05, 3.63) is 60.6 Å². The average Bonchev–Trinajstić information content (AvgIpc) is 3.05. The number of pyridine rings is 1. The van der Waals surface area contributed by atoms with Crippen molar-refractivity contribution in [2.75, 3.05) is 13.1 Å². The van der Waals surface area contributed by atoms with E-state index in [1.165, 1.54) is 0 Å². The van der Waals surface area contributed by atoms with Crippen molar-refractivity contribution in [2.45, 2.75) is 18.8 Å². The molecule has 0 radical (unpaired) electrons. The predicted octanol–water partition coefficient (Wildman–Crippen LogP) is 3.32. The Morgan fingerprint density at radius 3 is 2.58 bits per heavy atom. The lowest BCUT2D eigenvalue weighted by Gasteiger charge is -2.22. The van der Waals surface area contributed by atoms with Crippen LogP contribution in [0.5, 0.6) is 0 Å². The Morgan fingerprint density at radius 1 is 1.00 bits per heavy atom. The van der Waals surface area contributed by atoms with E-state index in [4.69, 9.17) is 0 Å². The van der Waals surface area contributed by atoms with E-state index in [-0.39, 0.29) is 0 Å². The van der Waals surface area contributed by atoms with Gasteiger partial charge in [-0.1, -0.05) is 24.3 Å². The van der Waals surface area contributed by atoms with Crippen LogP contribution >= 0.6 is 0 Å². The van der Waals surface area contributed by atoms with Gasteiger partial charge in [-0.3, -0.25) is 4.98 Å². The maximum atomic E-state index is 10.3. The van der Waals surface area contributed by atoms with Crippen molar-refractivity contribution in [3.8, 4) is 22.4 Å². The Balaban J connectivity index is 1.75. The lowest BCUT2D eigenvalue weighted by atomic mass is 9.88. The maximum Gasteiger partial charge on any atom is 0.113 e. The number of benzene rings is 1. The van der Waals surface area contributed by atoms with E-state index in [2.05, 4.69) is 27.5 Å². The molecule has 0 spiro atoms. The molecule has 1 aromatic carbocycles. The largest absolute Gasteiger partial charge is 0.411 e. The number of aromatic nitrogens is 3. The minimum Gasteiger partial charge on any atom is -0.411 e. The quantitative estimate of drug-likeness (QED) is 0.727. The summed E-state index contributed by atoms with van der Waals surface area (Å²) in [6.45, 7) is 2.02. The zero-order valence-electron chi connectivity index (χ0n) is 13.4. The normalized spacial score (nSPS) is 15.5. The van der Waals surface area contributed by atoms with Crippen LogP contribution in [-0.4, -0.2) is 33.2 Å². The Bertz CT molecular complexity index is 822. The molecule has 2 N–H and O–H groups in total. The summed E-state index contributed by atoms with van der Waals surface area (Å²) in [7, 11) is 0. The summed E-state index contributed by atoms with van der Waals surface area (Å²) in [6.07, 6.45) is 7.57. The van der Waals surface area contributed by atoms with Crippen LogP contribution in [0.1, 0.15) is 24.3 Å². The zero-order chi connectivity index (χ0) is 16.4. The lowest BCUT2D eigenvalue weighted by Crippen LogP contribution is -2.26. The SMILES string of the molecule is On1ncc(C2CCNCC2)c1-c1cccc(-c2cccnc2)c1. The molecule has 24 heavy (non-hydrogen) atoms. The molecule has 4 rings (SSSR count). The van der Waals surface area contributed by atoms with Gasteiger partial charge in [-0.15, -0.1) is 9.94 Å². The molecule has 3 heterocycles. The van der Waals surface area contributed by atoms with Crippen molar-refractivity contribution in [3.63, 3.8) is 0 Å². The van der Waals surface area contributed by atoms with E-state index >= 15 is 0 Å². The van der Waals surface area contributed by atoms with E-state index in [0.29, 0.717) is 5.92 Å². The van der Waals surface area contributed by atoms with Crippen LogP contribution in [0.25, 0.3) is 22.4 Å². The van der Waals surface area contributed by atoms with Gasteiger partial charge in [0.2, 0.25) is 0 Å². The van der Waals surface area contributed by atoms with Crippen LogP contribution < -0.4 is 5.32 Å². The van der Waals surface area contributed by atoms with Gasteiger partial charge in [0.25, 0.3) is 0 Å². The second-order valence-electron chi connectivity index (χ2n) is 6.18. The Hall–Kier alpha value is -2.66. The molecule has 0 amide bonds. The van der Waals surface area contributed by atoms with E-state index in [0.717, 1.165) is 58.7 Å². The Labute approximate surface area is 140 Å². The first-order valence-electron chi connectivity index (χ1n) is 8.31. The van der Waals surface area contributed by atoms with E-state index in [1.54, 1.807) is 6.20 Å². The Morgan fingerprint density at radius 2 is 1.79 bits per heavy atom. The number of piperidine rings is 1. The van der Waals surface area contributed by atoms with Crippen LogP contribution in [0, 0.1) is 0 Å². The van der Waals surface area contributed by atoms with E-state index in [9.17, 15) is 5.21 Å². The number of hydrogen-bond acceptors (Lipinski definition) is 4. The fraction of sp³-hybridized carbons (Fsp3) is 0.263. The molecule has 1 aliphatic heterocycles. The van der Waals surface area contributed by atoms with Crippen molar-refractivity contribution in [2.24, 2.45) is 0 Å². The van der Waals surface area contributed by atoms with E-state index in [1.807, 2.05) is 36.7 Å². The topological polar surface area (TPSA) is 63.0 Å². The van der Waals surface area contributed by atoms with Gasteiger partial charge in [0.05, 0.1) is 6.20 Å². The van der Waals surface area contributed by atoms with Gasteiger partial charge in [0.15, 0.2) is 0 Å². The molecule has 2 aromatic heterocycles. The van der Waals surface area contributed by atoms with Crippen LogP contribution in [0.4, 0.5) is 0 Å². The first-order chi connectivity index (χ1) is 11.8. The molecule has 0 aliphatic carbocycles. The highest BCUT2D eigenvalue weighted by Gasteiger charge is 2.23. The van der Waals surface area contributed by atoms with Crippen LogP contribution in [-0.2, 0) is 0 Å². The maximum absolute atomic E-state index is 10.3. The fourth-order valence-electron chi connectivity index (χ4n) is 3.44. The first-order valence-corrected chi connectivity index (χ1v) is 8.31. The molecule has 1 aliphatic rings. The lowest BCUT2D eigenvalue weighted by molar-refractivity contribution is 0.153. The molecule has 1 fully saturated rings. The van der Waals surface area contributed by atoms with Crippen LogP contribution in [0.15, 0.2) is 55.0 Å². The summed E-state index contributed by atoms with van der Waals surface area (Å²) in [5.41, 5.74) is 5.05. The third-order valence-corrected chi connectivity index (χ3v) is 4.69. The van der Waals surface area contributed by atoms with Gasteiger partial charge in [-0.25, -0.2) is 0 Å². The predicted molar refractivity (Wildman–Crippen MR) is 92.9 cm³/mol. The third kappa shape index (κ3) is 2.78. The molecular formula is C19H20N4O. The minimum atomic E-state index is 0.434. The molecule has 122 valence electrons. The molecule has 0 bridgehead atoms. The number of nitrogens with zero attached hydrogens (tertiary/aromatic N) is 3. The second kappa shape index (κ2) is 6.45. The number of rotatable bonds is 3. The summed E-state index contributed by atoms with van der Waals surface area (Å²) in [5.74, 6) is 0.434. The van der Waals surface area contributed by atoms with Gasteiger partial charge >= 0.3 is 0 Å². The highest BCUT2D eigenvalue weighted by molar-refractivity contribution is 5.72. The molecule has 0 atom stereocenters. The van der Waals surface area contributed by atoms with Crippen molar-refractivity contribution in [1.29, 1.82) is 0 Å². The number of hydrogen-bond donors (Lipinski definition) is 2. The average molecular weight is 320 g/mol. The monoisotopic (exact) mass is 320 g/mol. The standard InChI is InChI=1S/C19H20N4O/c24-23-19(18(13-22-23)14-6-9-20-10-7-14)16-4-1-3-15(11-16)17-5-2-8-21-12-17/h1-5,8,11-14,20,24H,6-7,9-10H2. The Kier molecular flexibility index (Phi) is 4.01. The molecule has 3 aromatic rings. The highest BCUT2D eigenvalue weighted by atomic mass is 16.5. The minimum absolute atomic E-state index is 0.434. The second-order valence-corrected chi connectivity index (χ2v) is 6.18. The molecule has 1 saturated heterocycles. The zero-order valence-corrected chi connectivity index (χ0v) is 13.4. The van der Waals surface area contributed by atoms with Gasteiger partial charge in [-0.2, -0.15) is 0 Å². The fourth-order valence-corrected chi connectivity index (χ4v) is 3.44. The summed E-state index contributed by atoms with van der Waals surface area (Å²) in [4.78, 5) is 5.20. The van der Waals surface area contributed by atoms with Gasteiger partial charge < -0.3 is 10.5 Å². The third-order valence-electron chi connectivity index (χ3n) is 4.69. The summed E-state index contributed by atoms with van der Waals surface area (Å²) >= 11 is 0. The number of nitrogens with one attached hydrogen (secondary N) is 1. The molecule has 0 saturated carbocycles. The molecular weight excluding hydrogens is 300 g/mol. The highest BCUT2D eigenvalue weighted by Crippen LogP contribution is 2.35. The van der Waals surface area contributed by atoms with Gasteiger partial charge in [0.1, 0.15) is 5.69 Å². The van der Waals surface area contributed by atoms with Crippen LogP contribution in [0.2, 0.25) is 0 Å². The van der Waals surface area contributed by atoms with Gasteiger partial charge in [0, 0.05) is 29.1 Å². The molecule has 0 unspecified atom stereocenters. The van der Waals surface area contributed by atoms with Crippen molar-refractivity contribution < 1.29 is 5.21 Å².